The van der Waals surface area contributed by atoms with Crippen LogP contribution in [0, 0.1) is 0 Å². The van der Waals surface area contributed by atoms with E-state index in [1.165, 1.54) is 6.92 Å². The SMILES string of the molecule is COC1=C(OCC(OC(C)=O)C(C)(C)O)Cc2c(nc3occc3c2OC)C1. The number of nitrogens with zero attached hydrogens (tertiary/aromatic N) is 1. The molecule has 1 unspecified atom stereocenters. The zero-order chi connectivity index (χ0) is 20.5. The van der Waals surface area contributed by atoms with Gasteiger partial charge in [-0.25, -0.2) is 4.98 Å². The van der Waals surface area contributed by atoms with Crippen molar-refractivity contribution in [2.75, 3.05) is 20.8 Å². The lowest BCUT2D eigenvalue weighted by molar-refractivity contribution is -0.164. The Balaban J connectivity index is 1.88. The fourth-order valence-electron chi connectivity index (χ4n) is 3.19. The third kappa shape index (κ3) is 3.91. The highest BCUT2D eigenvalue weighted by Crippen LogP contribution is 2.37. The molecule has 0 spiro atoms. The van der Waals surface area contributed by atoms with E-state index in [2.05, 4.69) is 4.98 Å². The van der Waals surface area contributed by atoms with Crippen molar-refractivity contribution in [3.8, 4) is 5.75 Å². The largest absolute Gasteiger partial charge is 0.497 e. The van der Waals surface area contributed by atoms with Crippen LogP contribution >= 0.6 is 0 Å². The number of carbonyl (C=O) groups excluding carboxylic acids is 1. The van der Waals surface area contributed by atoms with Crippen LogP contribution in [-0.4, -0.2) is 48.6 Å². The number of esters is 1. The molecular formula is C20H25NO7. The molecule has 1 aliphatic rings. The summed E-state index contributed by atoms with van der Waals surface area (Å²) in [5.74, 6) is 1.40. The van der Waals surface area contributed by atoms with E-state index in [1.807, 2.05) is 6.07 Å². The van der Waals surface area contributed by atoms with E-state index >= 15 is 0 Å². The number of ether oxygens (including phenoxy) is 4. The first kappa shape index (κ1) is 20.0. The third-order valence-corrected chi connectivity index (χ3v) is 4.68. The summed E-state index contributed by atoms with van der Waals surface area (Å²) in [5, 5.41) is 11.1. The number of hydrogen-bond donors (Lipinski definition) is 1. The van der Waals surface area contributed by atoms with Crippen LogP contribution in [-0.2, 0) is 31.8 Å². The van der Waals surface area contributed by atoms with E-state index < -0.39 is 17.7 Å². The summed E-state index contributed by atoms with van der Waals surface area (Å²) in [7, 11) is 3.16. The van der Waals surface area contributed by atoms with Gasteiger partial charge >= 0.3 is 5.97 Å². The van der Waals surface area contributed by atoms with Crippen LogP contribution < -0.4 is 4.74 Å². The van der Waals surface area contributed by atoms with Crippen molar-refractivity contribution in [2.45, 2.75) is 45.3 Å². The first-order valence-corrected chi connectivity index (χ1v) is 8.96. The third-order valence-electron chi connectivity index (χ3n) is 4.68. The molecule has 1 atom stereocenters. The van der Waals surface area contributed by atoms with E-state index in [1.54, 1.807) is 34.3 Å². The molecule has 3 rings (SSSR count). The van der Waals surface area contributed by atoms with Crippen LogP contribution in [0.5, 0.6) is 5.75 Å². The predicted molar refractivity (Wildman–Crippen MR) is 99.8 cm³/mol. The smallest absolute Gasteiger partial charge is 0.303 e. The number of furan rings is 1. The second kappa shape index (κ2) is 7.71. The van der Waals surface area contributed by atoms with Gasteiger partial charge in [0.1, 0.15) is 23.9 Å². The molecule has 2 heterocycles. The molecule has 152 valence electrons. The molecule has 0 aliphatic heterocycles. The van der Waals surface area contributed by atoms with Gasteiger partial charge in [0.2, 0.25) is 5.71 Å². The Morgan fingerprint density at radius 2 is 2.04 bits per heavy atom. The molecule has 1 aliphatic carbocycles. The lowest BCUT2D eigenvalue weighted by atomic mass is 9.96. The van der Waals surface area contributed by atoms with Gasteiger partial charge in [-0.05, 0) is 19.9 Å². The lowest BCUT2D eigenvalue weighted by Crippen LogP contribution is -2.42. The monoisotopic (exact) mass is 391 g/mol. The molecule has 2 aromatic heterocycles. The molecule has 0 saturated heterocycles. The minimum Gasteiger partial charge on any atom is -0.497 e. The normalized spacial score (nSPS) is 15.2. The van der Waals surface area contributed by atoms with Crippen LogP contribution in [0.3, 0.4) is 0 Å². The molecule has 0 aromatic carbocycles. The molecular weight excluding hydrogens is 366 g/mol. The zero-order valence-corrected chi connectivity index (χ0v) is 16.7. The van der Waals surface area contributed by atoms with Gasteiger partial charge in [0.25, 0.3) is 0 Å². The molecule has 1 N–H and O–H groups in total. The molecule has 0 fully saturated rings. The fraction of sp³-hybridized carbons (Fsp3) is 0.500. The van der Waals surface area contributed by atoms with E-state index in [4.69, 9.17) is 23.4 Å². The Labute approximate surface area is 163 Å². The Kier molecular flexibility index (Phi) is 5.51. The number of methoxy groups -OCH3 is 2. The van der Waals surface area contributed by atoms with Crippen LogP contribution in [0.2, 0.25) is 0 Å². The molecule has 2 aromatic rings. The number of hydrogen-bond acceptors (Lipinski definition) is 8. The number of aliphatic hydroxyl groups is 1. The molecule has 28 heavy (non-hydrogen) atoms. The summed E-state index contributed by atoms with van der Waals surface area (Å²) < 4.78 is 27.7. The molecule has 0 radical (unpaired) electrons. The molecule has 0 bridgehead atoms. The van der Waals surface area contributed by atoms with Crippen molar-refractivity contribution in [3.63, 3.8) is 0 Å². The highest BCUT2D eigenvalue weighted by atomic mass is 16.6. The first-order chi connectivity index (χ1) is 13.2. The Hall–Kier alpha value is -2.74. The predicted octanol–water partition coefficient (Wildman–Crippen LogP) is 2.51. The lowest BCUT2D eigenvalue weighted by Gasteiger charge is -2.30. The average molecular weight is 391 g/mol. The van der Waals surface area contributed by atoms with E-state index in [-0.39, 0.29) is 6.61 Å². The van der Waals surface area contributed by atoms with Crippen LogP contribution in [0.1, 0.15) is 32.0 Å². The van der Waals surface area contributed by atoms with E-state index in [0.29, 0.717) is 35.8 Å². The summed E-state index contributed by atoms with van der Waals surface area (Å²) in [6.45, 7) is 4.41. The van der Waals surface area contributed by atoms with Gasteiger partial charge in [-0.3, -0.25) is 4.79 Å². The summed E-state index contributed by atoms with van der Waals surface area (Å²) >= 11 is 0. The molecule has 0 saturated carbocycles. The topological polar surface area (TPSA) is 100 Å². The van der Waals surface area contributed by atoms with Crippen molar-refractivity contribution in [3.05, 3.63) is 35.1 Å². The van der Waals surface area contributed by atoms with Gasteiger partial charge in [-0.2, -0.15) is 0 Å². The van der Waals surface area contributed by atoms with Crippen LogP contribution in [0.4, 0.5) is 0 Å². The minimum absolute atomic E-state index is 0.00962. The highest BCUT2D eigenvalue weighted by molar-refractivity contribution is 5.83. The fourth-order valence-corrected chi connectivity index (χ4v) is 3.19. The van der Waals surface area contributed by atoms with Crippen molar-refractivity contribution < 1.29 is 33.3 Å². The maximum absolute atomic E-state index is 11.4. The first-order valence-electron chi connectivity index (χ1n) is 8.96. The van der Waals surface area contributed by atoms with Crippen LogP contribution in [0.15, 0.2) is 28.3 Å². The Bertz CT molecular complexity index is 907. The van der Waals surface area contributed by atoms with Crippen LogP contribution in [0.25, 0.3) is 11.1 Å². The summed E-state index contributed by atoms with van der Waals surface area (Å²) in [4.78, 5) is 15.9. The summed E-state index contributed by atoms with van der Waals surface area (Å²) in [5.41, 5.74) is 0.934. The summed E-state index contributed by atoms with van der Waals surface area (Å²) in [6, 6.07) is 1.81. The maximum Gasteiger partial charge on any atom is 0.303 e. The van der Waals surface area contributed by atoms with Gasteiger partial charge in [0, 0.05) is 18.9 Å². The maximum atomic E-state index is 11.4. The minimum atomic E-state index is -1.26. The quantitative estimate of drug-likeness (QED) is 0.719. The van der Waals surface area contributed by atoms with Crippen molar-refractivity contribution >= 4 is 17.1 Å². The number of fused-ring (bicyclic) bond motifs is 2. The number of allylic oxidation sites excluding steroid dienone is 2. The summed E-state index contributed by atoms with van der Waals surface area (Å²) in [6.07, 6.45) is 1.55. The standard InChI is InChI=1S/C20H25NO7/c1-11(22)28-17(20(2,3)23)10-27-16-8-13-14(9-15(16)24-4)21-19-12(6-7-26-19)18(13)25-5/h6-7,17,23H,8-10H2,1-5H3. The number of rotatable bonds is 7. The molecule has 8 nitrogen and oxygen atoms in total. The van der Waals surface area contributed by atoms with Gasteiger partial charge in [-0.15, -0.1) is 0 Å². The average Bonchev–Trinajstić information content (AvgIpc) is 3.09. The molecule has 8 heteroatoms. The van der Waals surface area contributed by atoms with Crippen molar-refractivity contribution in [1.82, 2.24) is 4.98 Å². The van der Waals surface area contributed by atoms with Gasteiger partial charge in [0.15, 0.2) is 6.10 Å². The highest BCUT2D eigenvalue weighted by Gasteiger charge is 2.33. The molecule has 0 amide bonds. The van der Waals surface area contributed by atoms with E-state index in [9.17, 15) is 9.90 Å². The van der Waals surface area contributed by atoms with Gasteiger partial charge < -0.3 is 28.5 Å². The zero-order valence-electron chi connectivity index (χ0n) is 16.7. The second-order valence-electron chi connectivity index (χ2n) is 7.18. The van der Waals surface area contributed by atoms with E-state index in [0.717, 1.165) is 16.6 Å². The number of aromatic nitrogens is 1. The number of carbonyl (C=O) groups is 1. The Morgan fingerprint density at radius 1 is 1.29 bits per heavy atom. The second-order valence-corrected chi connectivity index (χ2v) is 7.18. The number of pyridine rings is 1. The Morgan fingerprint density at radius 3 is 2.64 bits per heavy atom. The van der Waals surface area contributed by atoms with Crippen molar-refractivity contribution in [1.29, 1.82) is 0 Å². The van der Waals surface area contributed by atoms with Gasteiger partial charge in [-0.1, -0.05) is 0 Å². The van der Waals surface area contributed by atoms with Crippen molar-refractivity contribution in [2.24, 2.45) is 0 Å². The van der Waals surface area contributed by atoms with Gasteiger partial charge in [0.05, 0.1) is 43.6 Å².